The first-order chi connectivity index (χ1) is 14.5. The van der Waals surface area contributed by atoms with Crippen molar-refractivity contribution in [2.75, 3.05) is 25.5 Å². The van der Waals surface area contributed by atoms with Crippen molar-refractivity contribution >= 4 is 40.1 Å². The molecule has 3 aromatic rings. The standard InChI is InChI=1S/C21H21ClN4O3S/c1-26(18(27)12-11-15-7-5-6-10-17(15)22)13-14-29-21(28)23-20-25-24-19(30-20)16-8-3-2-4-9-16/h2-10H,11-14H2,1H3,(H,23,25,28). The molecule has 1 N–H and O–H groups in total. The fourth-order valence-corrected chi connectivity index (χ4v) is 3.59. The summed E-state index contributed by atoms with van der Waals surface area (Å²) >= 11 is 7.37. The summed E-state index contributed by atoms with van der Waals surface area (Å²) in [6.07, 6.45) is 0.257. The second-order valence-corrected chi connectivity index (χ2v) is 7.83. The number of hydrogen-bond acceptors (Lipinski definition) is 6. The summed E-state index contributed by atoms with van der Waals surface area (Å²) in [7, 11) is 1.67. The number of nitrogens with zero attached hydrogens (tertiary/aromatic N) is 3. The lowest BCUT2D eigenvalue weighted by atomic mass is 10.1. The fraction of sp³-hybridized carbons (Fsp3) is 0.238. The molecule has 0 saturated carbocycles. The number of carbonyl (C=O) groups excluding carboxylic acids is 2. The monoisotopic (exact) mass is 444 g/mol. The Bertz CT molecular complexity index is 997. The van der Waals surface area contributed by atoms with Crippen molar-refractivity contribution in [3.63, 3.8) is 0 Å². The van der Waals surface area contributed by atoms with Crippen LogP contribution >= 0.6 is 22.9 Å². The van der Waals surface area contributed by atoms with Crippen LogP contribution in [0.1, 0.15) is 12.0 Å². The Hall–Kier alpha value is -2.97. The molecule has 2 amide bonds. The highest BCUT2D eigenvalue weighted by atomic mass is 35.5. The fourth-order valence-electron chi connectivity index (χ4n) is 2.63. The van der Waals surface area contributed by atoms with Gasteiger partial charge in [-0.05, 0) is 18.1 Å². The van der Waals surface area contributed by atoms with E-state index in [1.165, 1.54) is 16.2 Å². The lowest BCUT2D eigenvalue weighted by Crippen LogP contribution is -2.31. The molecule has 3 rings (SSSR count). The van der Waals surface area contributed by atoms with Gasteiger partial charge in [-0.15, -0.1) is 10.2 Å². The van der Waals surface area contributed by atoms with Gasteiger partial charge in [-0.1, -0.05) is 71.5 Å². The highest BCUT2D eigenvalue weighted by Gasteiger charge is 2.13. The predicted octanol–water partition coefficient (Wildman–Crippen LogP) is 4.50. The number of ether oxygens (including phenoxy) is 1. The highest BCUT2D eigenvalue weighted by Crippen LogP contribution is 2.25. The number of benzene rings is 2. The molecule has 0 radical (unpaired) electrons. The quantitative estimate of drug-likeness (QED) is 0.553. The van der Waals surface area contributed by atoms with Gasteiger partial charge in [0.15, 0.2) is 0 Å². The molecule has 1 heterocycles. The third kappa shape index (κ3) is 6.27. The zero-order chi connectivity index (χ0) is 21.3. The van der Waals surface area contributed by atoms with Crippen molar-refractivity contribution in [1.82, 2.24) is 15.1 Å². The maximum Gasteiger partial charge on any atom is 0.413 e. The average Bonchev–Trinajstić information content (AvgIpc) is 3.22. The molecule has 0 aliphatic heterocycles. The van der Waals surface area contributed by atoms with Gasteiger partial charge in [0.25, 0.3) is 0 Å². The van der Waals surface area contributed by atoms with Gasteiger partial charge in [-0.2, -0.15) is 0 Å². The number of aryl methyl sites for hydroxylation is 1. The molecule has 0 saturated heterocycles. The van der Waals surface area contributed by atoms with Gasteiger partial charge in [0.05, 0.1) is 6.54 Å². The Morgan fingerprint density at radius 3 is 2.60 bits per heavy atom. The maximum absolute atomic E-state index is 12.2. The minimum Gasteiger partial charge on any atom is -0.447 e. The molecule has 0 bridgehead atoms. The largest absolute Gasteiger partial charge is 0.447 e. The number of aromatic nitrogens is 2. The van der Waals surface area contributed by atoms with Gasteiger partial charge in [0.1, 0.15) is 11.6 Å². The van der Waals surface area contributed by atoms with E-state index in [0.29, 0.717) is 34.5 Å². The van der Waals surface area contributed by atoms with Gasteiger partial charge in [-0.25, -0.2) is 4.79 Å². The lowest BCUT2D eigenvalue weighted by molar-refractivity contribution is -0.130. The van der Waals surface area contributed by atoms with Gasteiger partial charge in [-0.3, -0.25) is 10.1 Å². The number of likely N-dealkylation sites (N-methyl/N-ethyl adjacent to an activating group) is 1. The van der Waals surface area contributed by atoms with Crippen molar-refractivity contribution in [2.24, 2.45) is 0 Å². The van der Waals surface area contributed by atoms with Crippen LogP contribution in [0.4, 0.5) is 9.93 Å². The number of rotatable bonds is 8. The van der Waals surface area contributed by atoms with Crippen LogP contribution in [0, 0.1) is 0 Å². The Kier molecular flexibility index (Phi) is 7.75. The molecule has 0 aliphatic carbocycles. The number of nitrogens with one attached hydrogen (secondary N) is 1. The maximum atomic E-state index is 12.2. The first-order valence-corrected chi connectivity index (χ1v) is 10.5. The van der Waals surface area contributed by atoms with Crippen molar-refractivity contribution < 1.29 is 14.3 Å². The van der Waals surface area contributed by atoms with Gasteiger partial charge >= 0.3 is 6.09 Å². The molecule has 9 heteroatoms. The number of anilines is 1. The summed E-state index contributed by atoms with van der Waals surface area (Å²) in [5.41, 5.74) is 1.86. The van der Waals surface area contributed by atoms with Crippen LogP contribution in [0.5, 0.6) is 0 Å². The molecule has 1 aromatic heterocycles. The Balaban J connectivity index is 1.38. The molecule has 30 heavy (non-hydrogen) atoms. The van der Waals surface area contributed by atoms with E-state index in [0.717, 1.165) is 11.1 Å². The van der Waals surface area contributed by atoms with E-state index >= 15 is 0 Å². The predicted molar refractivity (Wildman–Crippen MR) is 118 cm³/mol. The first-order valence-electron chi connectivity index (χ1n) is 9.33. The Morgan fingerprint density at radius 1 is 1.10 bits per heavy atom. The molecule has 0 unspecified atom stereocenters. The summed E-state index contributed by atoms with van der Waals surface area (Å²) in [4.78, 5) is 25.7. The summed E-state index contributed by atoms with van der Waals surface area (Å²) in [6.45, 7) is 0.366. The topological polar surface area (TPSA) is 84.4 Å². The second-order valence-electron chi connectivity index (χ2n) is 6.45. The van der Waals surface area contributed by atoms with Gasteiger partial charge < -0.3 is 9.64 Å². The zero-order valence-electron chi connectivity index (χ0n) is 16.4. The lowest BCUT2D eigenvalue weighted by Gasteiger charge is -2.17. The SMILES string of the molecule is CN(CCOC(=O)Nc1nnc(-c2ccccc2)s1)C(=O)CCc1ccccc1Cl. The van der Waals surface area contributed by atoms with Crippen molar-refractivity contribution in [2.45, 2.75) is 12.8 Å². The van der Waals surface area contributed by atoms with E-state index in [9.17, 15) is 9.59 Å². The number of halogens is 1. The molecule has 0 fully saturated rings. The smallest absolute Gasteiger partial charge is 0.413 e. The first kappa shape index (κ1) is 21.7. The summed E-state index contributed by atoms with van der Waals surface area (Å²) in [5.74, 6) is -0.0458. The molecule has 7 nitrogen and oxygen atoms in total. The third-order valence-electron chi connectivity index (χ3n) is 4.31. The van der Waals surface area contributed by atoms with E-state index in [-0.39, 0.29) is 12.5 Å². The molecular formula is C21H21ClN4O3S. The van der Waals surface area contributed by atoms with Crippen LogP contribution in [0.3, 0.4) is 0 Å². The molecule has 0 atom stereocenters. The van der Waals surface area contributed by atoms with Gasteiger partial charge in [0.2, 0.25) is 11.0 Å². The van der Waals surface area contributed by atoms with Crippen molar-refractivity contribution in [1.29, 1.82) is 0 Å². The summed E-state index contributed by atoms with van der Waals surface area (Å²) in [5, 5.41) is 12.3. The van der Waals surface area contributed by atoms with Gasteiger partial charge in [0, 0.05) is 24.1 Å². The van der Waals surface area contributed by atoms with Crippen molar-refractivity contribution in [3.05, 3.63) is 65.2 Å². The van der Waals surface area contributed by atoms with Crippen molar-refractivity contribution in [3.8, 4) is 10.6 Å². The Morgan fingerprint density at radius 2 is 1.83 bits per heavy atom. The van der Waals surface area contributed by atoms with Crippen LogP contribution in [0.2, 0.25) is 5.02 Å². The molecule has 0 aliphatic rings. The molecule has 156 valence electrons. The minimum atomic E-state index is -0.636. The number of amides is 2. The molecule has 2 aromatic carbocycles. The van der Waals surface area contributed by atoms with Crippen LogP contribution in [0.15, 0.2) is 54.6 Å². The van der Waals surface area contributed by atoms with Crippen LogP contribution in [-0.4, -0.2) is 47.3 Å². The number of hydrogen-bond donors (Lipinski definition) is 1. The summed E-state index contributed by atoms with van der Waals surface area (Å²) < 4.78 is 5.14. The highest BCUT2D eigenvalue weighted by molar-refractivity contribution is 7.18. The molecule has 0 spiro atoms. The van der Waals surface area contributed by atoms with E-state index in [1.54, 1.807) is 13.1 Å². The van der Waals surface area contributed by atoms with E-state index in [4.69, 9.17) is 16.3 Å². The van der Waals surface area contributed by atoms with E-state index < -0.39 is 6.09 Å². The van der Waals surface area contributed by atoms with Crippen LogP contribution in [0.25, 0.3) is 10.6 Å². The average molecular weight is 445 g/mol. The van der Waals surface area contributed by atoms with E-state index in [2.05, 4.69) is 15.5 Å². The minimum absolute atomic E-state index is 0.0458. The molecular weight excluding hydrogens is 424 g/mol. The van der Waals surface area contributed by atoms with E-state index in [1.807, 2.05) is 48.5 Å². The summed E-state index contributed by atoms with van der Waals surface area (Å²) in [6, 6.07) is 17.0. The third-order valence-corrected chi connectivity index (χ3v) is 5.56. The second kappa shape index (κ2) is 10.7. The van der Waals surface area contributed by atoms with Crippen LogP contribution in [-0.2, 0) is 16.0 Å². The normalized spacial score (nSPS) is 10.5. The zero-order valence-corrected chi connectivity index (χ0v) is 17.9. The number of carbonyl (C=O) groups is 2. The Labute approximate surface area is 183 Å². The van der Waals surface area contributed by atoms with Crippen LogP contribution < -0.4 is 5.32 Å².